The molecule has 0 atom stereocenters. The van der Waals surface area contributed by atoms with Gasteiger partial charge in [-0.05, 0) is 42.3 Å². The van der Waals surface area contributed by atoms with Gasteiger partial charge >= 0.3 is 0 Å². The fourth-order valence-electron chi connectivity index (χ4n) is 3.75. The highest BCUT2D eigenvalue weighted by atomic mass is 35.5. The van der Waals surface area contributed by atoms with Crippen LogP contribution >= 0.6 is 11.6 Å². The fourth-order valence-corrected chi connectivity index (χ4v) is 3.93. The number of aromatic amines is 1. The number of carbonyl (C=O) groups is 1. The molecule has 0 aliphatic heterocycles. The van der Waals surface area contributed by atoms with E-state index in [9.17, 15) is 9.59 Å². The number of benzene rings is 1. The van der Waals surface area contributed by atoms with Gasteiger partial charge in [-0.2, -0.15) is 0 Å². The summed E-state index contributed by atoms with van der Waals surface area (Å²) in [6.07, 6.45) is 4.08. The fraction of sp³-hybridized carbons (Fsp3) is 0.174. The molecule has 0 fully saturated rings. The number of halogens is 1. The molecular weight excluding hydrogens is 386 g/mol. The molecule has 4 aromatic rings. The van der Waals surface area contributed by atoms with Gasteiger partial charge in [-0.3, -0.25) is 9.59 Å². The predicted molar refractivity (Wildman–Crippen MR) is 116 cm³/mol. The van der Waals surface area contributed by atoms with Gasteiger partial charge in [0.1, 0.15) is 5.15 Å². The highest BCUT2D eigenvalue weighted by molar-refractivity contribution is 6.30. The summed E-state index contributed by atoms with van der Waals surface area (Å²) in [4.78, 5) is 32.3. The minimum absolute atomic E-state index is 0.113. The number of nitrogens with zero attached hydrogens (tertiary/aromatic N) is 2. The van der Waals surface area contributed by atoms with Crippen LogP contribution in [0.1, 0.15) is 35.5 Å². The van der Waals surface area contributed by atoms with Crippen LogP contribution in [0.4, 0.5) is 0 Å². The number of pyridine rings is 2. The molecule has 0 unspecified atom stereocenters. The van der Waals surface area contributed by atoms with Gasteiger partial charge in [0.05, 0.1) is 12.2 Å². The molecule has 4 rings (SSSR count). The summed E-state index contributed by atoms with van der Waals surface area (Å²) in [6, 6.07) is 13.3. The molecule has 0 radical (unpaired) electrons. The molecule has 3 heterocycles. The minimum Gasteiger partial charge on any atom is -0.333 e. The topological polar surface area (TPSA) is 67.8 Å². The van der Waals surface area contributed by atoms with Crippen molar-refractivity contribution in [3.63, 3.8) is 0 Å². The lowest BCUT2D eigenvalue weighted by atomic mass is 10.00. The maximum atomic E-state index is 12.8. The van der Waals surface area contributed by atoms with E-state index in [1.54, 1.807) is 24.5 Å². The van der Waals surface area contributed by atoms with Crippen molar-refractivity contribution in [2.24, 2.45) is 0 Å². The molecule has 1 aromatic carbocycles. The first kappa shape index (κ1) is 19.2. The number of aryl methyl sites for hydroxylation is 1. The van der Waals surface area contributed by atoms with Crippen LogP contribution < -0.4 is 5.56 Å². The van der Waals surface area contributed by atoms with Gasteiger partial charge in [-0.15, -0.1) is 0 Å². The second kappa shape index (κ2) is 7.68. The van der Waals surface area contributed by atoms with Crippen LogP contribution in [0.5, 0.6) is 0 Å². The second-order valence-electron chi connectivity index (χ2n) is 6.94. The molecule has 0 aliphatic rings. The third-order valence-corrected chi connectivity index (χ3v) is 5.46. The smallest absolute Gasteiger partial charge is 0.255 e. The van der Waals surface area contributed by atoms with E-state index in [-0.39, 0.29) is 11.3 Å². The highest BCUT2D eigenvalue weighted by Crippen LogP contribution is 2.35. The number of carbonyl (C=O) groups excluding carboxylic acids is 1. The molecule has 0 bridgehead atoms. The molecule has 146 valence electrons. The third-order valence-electron chi connectivity index (χ3n) is 5.12. The second-order valence-corrected chi connectivity index (χ2v) is 7.30. The van der Waals surface area contributed by atoms with Crippen molar-refractivity contribution in [2.75, 3.05) is 0 Å². The Bertz CT molecular complexity index is 1290. The average molecular weight is 406 g/mol. The number of Topliss-reactive ketones (excluding diaryl/α,β-unsaturated/α-hetero) is 1. The van der Waals surface area contributed by atoms with E-state index in [2.05, 4.69) is 23.0 Å². The van der Waals surface area contributed by atoms with Crippen LogP contribution in [-0.4, -0.2) is 20.3 Å². The van der Waals surface area contributed by atoms with Crippen LogP contribution in [0, 0.1) is 0 Å². The Morgan fingerprint density at radius 3 is 2.72 bits per heavy atom. The van der Waals surface area contributed by atoms with E-state index in [0.29, 0.717) is 28.5 Å². The van der Waals surface area contributed by atoms with E-state index >= 15 is 0 Å². The van der Waals surface area contributed by atoms with Crippen LogP contribution in [-0.2, 0) is 13.0 Å². The zero-order valence-corrected chi connectivity index (χ0v) is 17.0. The van der Waals surface area contributed by atoms with Crippen molar-refractivity contribution in [1.82, 2.24) is 14.5 Å². The Morgan fingerprint density at radius 2 is 2.03 bits per heavy atom. The Hall–Kier alpha value is -3.18. The normalized spacial score (nSPS) is 11.1. The van der Waals surface area contributed by atoms with E-state index in [1.165, 1.54) is 6.92 Å². The van der Waals surface area contributed by atoms with Crippen molar-refractivity contribution >= 4 is 28.3 Å². The highest BCUT2D eigenvalue weighted by Gasteiger charge is 2.24. The summed E-state index contributed by atoms with van der Waals surface area (Å²) in [5.74, 6) is -0.113. The van der Waals surface area contributed by atoms with Gasteiger partial charge in [-0.25, -0.2) is 4.98 Å². The molecule has 0 aliphatic carbocycles. The van der Waals surface area contributed by atoms with Crippen LogP contribution in [0.3, 0.4) is 0 Å². The molecule has 0 spiro atoms. The summed E-state index contributed by atoms with van der Waals surface area (Å²) in [7, 11) is 0. The number of fused-ring (bicyclic) bond motifs is 1. The lowest BCUT2D eigenvalue weighted by molar-refractivity contribution is 0.101. The molecule has 29 heavy (non-hydrogen) atoms. The molecule has 5 nitrogen and oxygen atoms in total. The maximum Gasteiger partial charge on any atom is 0.255 e. The SMILES string of the molecule is CCc1ccc2c(c1)c(-c1ccc[nH]c1=O)c(C(C)=O)n2Cc1cccnc1Cl. The van der Waals surface area contributed by atoms with Crippen molar-refractivity contribution in [3.05, 3.63) is 87.2 Å². The molecular formula is C23H20ClN3O2. The number of aromatic nitrogens is 3. The summed E-state index contributed by atoms with van der Waals surface area (Å²) < 4.78 is 1.93. The maximum absolute atomic E-state index is 12.8. The van der Waals surface area contributed by atoms with Crippen molar-refractivity contribution in [3.8, 4) is 11.1 Å². The van der Waals surface area contributed by atoms with Crippen LogP contribution in [0.25, 0.3) is 22.0 Å². The van der Waals surface area contributed by atoms with Gasteiger partial charge in [-0.1, -0.05) is 30.7 Å². The number of hydrogen-bond donors (Lipinski definition) is 1. The molecule has 3 aromatic heterocycles. The number of rotatable bonds is 5. The van der Waals surface area contributed by atoms with Gasteiger partial charge in [0.15, 0.2) is 5.78 Å². The van der Waals surface area contributed by atoms with Crippen LogP contribution in [0.15, 0.2) is 59.7 Å². The van der Waals surface area contributed by atoms with Crippen molar-refractivity contribution < 1.29 is 4.79 Å². The predicted octanol–water partition coefficient (Wildman–Crippen LogP) is 4.86. The number of hydrogen-bond acceptors (Lipinski definition) is 3. The molecule has 0 saturated heterocycles. The van der Waals surface area contributed by atoms with Crippen molar-refractivity contribution in [1.29, 1.82) is 0 Å². The molecule has 0 saturated carbocycles. The zero-order valence-electron chi connectivity index (χ0n) is 16.2. The number of nitrogens with one attached hydrogen (secondary N) is 1. The van der Waals surface area contributed by atoms with Gasteiger partial charge < -0.3 is 9.55 Å². The summed E-state index contributed by atoms with van der Waals surface area (Å²) in [5, 5.41) is 1.28. The Morgan fingerprint density at radius 1 is 1.21 bits per heavy atom. The van der Waals surface area contributed by atoms with Gasteiger partial charge in [0.2, 0.25) is 0 Å². The first-order valence-corrected chi connectivity index (χ1v) is 9.82. The van der Waals surface area contributed by atoms with E-state index in [0.717, 1.165) is 28.5 Å². The largest absolute Gasteiger partial charge is 0.333 e. The monoisotopic (exact) mass is 405 g/mol. The Labute approximate surface area is 173 Å². The summed E-state index contributed by atoms with van der Waals surface area (Å²) >= 11 is 6.29. The first-order chi connectivity index (χ1) is 14.0. The van der Waals surface area contributed by atoms with E-state index in [1.807, 2.05) is 28.8 Å². The van der Waals surface area contributed by atoms with Crippen LogP contribution in [0.2, 0.25) is 5.15 Å². The molecule has 6 heteroatoms. The Balaban J connectivity index is 2.09. The lowest BCUT2D eigenvalue weighted by Gasteiger charge is -2.11. The van der Waals surface area contributed by atoms with Gasteiger partial charge in [0, 0.05) is 46.9 Å². The third kappa shape index (κ3) is 3.38. The first-order valence-electron chi connectivity index (χ1n) is 9.44. The number of H-pyrrole nitrogens is 1. The van der Waals surface area contributed by atoms with Crippen molar-refractivity contribution in [2.45, 2.75) is 26.8 Å². The standard InChI is InChI=1S/C23H20ClN3O2/c1-3-15-8-9-19-18(12-15)20(17-7-5-11-26-23(17)29)21(14(2)28)27(19)13-16-6-4-10-25-22(16)24/h4-12H,3,13H2,1-2H3,(H,26,29). The zero-order chi connectivity index (χ0) is 20.5. The average Bonchev–Trinajstić information content (AvgIpc) is 3.03. The van der Waals surface area contributed by atoms with E-state index < -0.39 is 0 Å². The summed E-state index contributed by atoms with van der Waals surface area (Å²) in [5.41, 5.74) is 4.22. The number of ketones is 1. The lowest BCUT2D eigenvalue weighted by Crippen LogP contribution is -2.12. The van der Waals surface area contributed by atoms with E-state index in [4.69, 9.17) is 11.6 Å². The molecule has 1 N–H and O–H groups in total. The summed E-state index contributed by atoms with van der Waals surface area (Å²) in [6.45, 7) is 3.99. The quantitative estimate of drug-likeness (QED) is 0.381. The minimum atomic E-state index is -0.227. The Kier molecular flexibility index (Phi) is 5.07. The molecule has 0 amide bonds. The van der Waals surface area contributed by atoms with Gasteiger partial charge in [0.25, 0.3) is 5.56 Å².